The van der Waals surface area contributed by atoms with Crippen LogP contribution in [0.25, 0.3) is 0 Å². The summed E-state index contributed by atoms with van der Waals surface area (Å²) in [5.41, 5.74) is 0.982. The number of benzene rings is 2. The standard InChI is InChI=1S/C23H22N2O7/c1-3-4-9-25-21(27)16-7-5-14(10-17(16)22(25)28)23(29)32-13(2)20(26)24-15-6-8-18-19(11-15)31-12-30-18/h5-8,10-11,13H,3-4,9,12H2,1-2H3,(H,24,26)/t13-/m0/s1. The summed E-state index contributed by atoms with van der Waals surface area (Å²) in [6.45, 7) is 3.86. The van der Waals surface area contributed by atoms with Crippen LogP contribution in [0.1, 0.15) is 57.8 Å². The van der Waals surface area contributed by atoms with Crippen molar-refractivity contribution in [3.8, 4) is 11.5 Å². The molecule has 0 aliphatic carbocycles. The van der Waals surface area contributed by atoms with Gasteiger partial charge in [0.05, 0.1) is 16.7 Å². The topological polar surface area (TPSA) is 111 Å². The number of imide groups is 1. The fraction of sp³-hybridized carbons (Fsp3) is 0.304. The van der Waals surface area contributed by atoms with Crippen molar-refractivity contribution in [3.63, 3.8) is 0 Å². The van der Waals surface area contributed by atoms with E-state index in [1.165, 1.54) is 30.0 Å². The Hall–Kier alpha value is -3.88. The normalized spacial score (nSPS) is 14.9. The number of carbonyl (C=O) groups excluding carboxylic acids is 4. The Morgan fingerprint density at radius 2 is 1.81 bits per heavy atom. The molecule has 9 nitrogen and oxygen atoms in total. The minimum absolute atomic E-state index is 0.0879. The van der Waals surface area contributed by atoms with Crippen LogP contribution in [0.3, 0.4) is 0 Å². The molecule has 0 saturated heterocycles. The van der Waals surface area contributed by atoms with E-state index in [4.69, 9.17) is 14.2 Å². The number of unbranched alkanes of at least 4 members (excludes halogenated alkanes) is 1. The number of nitrogens with zero attached hydrogens (tertiary/aromatic N) is 1. The first-order valence-electron chi connectivity index (χ1n) is 10.3. The first kappa shape index (κ1) is 21.4. The summed E-state index contributed by atoms with van der Waals surface area (Å²) in [5.74, 6) is -1.00. The molecule has 2 aliphatic heterocycles. The van der Waals surface area contributed by atoms with Crippen LogP contribution in [-0.2, 0) is 9.53 Å². The van der Waals surface area contributed by atoms with E-state index in [1.54, 1.807) is 18.2 Å². The van der Waals surface area contributed by atoms with Gasteiger partial charge in [0.1, 0.15) is 0 Å². The summed E-state index contributed by atoms with van der Waals surface area (Å²) in [6, 6.07) is 9.12. The Morgan fingerprint density at radius 3 is 2.59 bits per heavy atom. The van der Waals surface area contributed by atoms with Crippen LogP contribution in [0.2, 0.25) is 0 Å². The maximum Gasteiger partial charge on any atom is 0.338 e. The lowest BCUT2D eigenvalue weighted by molar-refractivity contribution is -0.123. The van der Waals surface area contributed by atoms with Gasteiger partial charge >= 0.3 is 5.97 Å². The van der Waals surface area contributed by atoms with Crippen molar-refractivity contribution in [2.45, 2.75) is 32.8 Å². The van der Waals surface area contributed by atoms with E-state index >= 15 is 0 Å². The van der Waals surface area contributed by atoms with Crippen molar-refractivity contribution in [1.82, 2.24) is 4.90 Å². The number of rotatable bonds is 7. The van der Waals surface area contributed by atoms with Crippen LogP contribution in [0.4, 0.5) is 5.69 Å². The van der Waals surface area contributed by atoms with Crippen molar-refractivity contribution in [3.05, 3.63) is 53.1 Å². The van der Waals surface area contributed by atoms with Gasteiger partial charge in [-0.15, -0.1) is 0 Å². The van der Waals surface area contributed by atoms with E-state index in [9.17, 15) is 19.2 Å². The third-order valence-corrected chi connectivity index (χ3v) is 5.23. The Morgan fingerprint density at radius 1 is 1.06 bits per heavy atom. The van der Waals surface area contributed by atoms with Crippen molar-refractivity contribution in [2.24, 2.45) is 0 Å². The van der Waals surface area contributed by atoms with Gasteiger partial charge in [0.2, 0.25) is 6.79 Å². The predicted octanol–water partition coefficient (Wildman–Crippen LogP) is 3.00. The van der Waals surface area contributed by atoms with Crippen molar-refractivity contribution >= 4 is 29.4 Å². The molecule has 0 spiro atoms. The van der Waals surface area contributed by atoms with Gasteiger partial charge in [0.15, 0.2) is 17.6 Å². The SMILES string of the molecule is CCCCN1C(=O)c2ccc(C(=O)O[C@@H](C)C(=O)Nc3ccc4c(c3)OCO4)cc2C1=O. The third-order valence-electron chi connectivity index (χ3n) is 5.23. The number of hydrogen-bond acceptors (Lipinski definition) is 7. The second-order valence-corrected chi connectivity index (χ2v) is 7.48. The molecule has 0 radical (unpaired) electrons. The van der Waals surface area contributed by atoms with E-state index in [2.05, 4.69) is 5.32 Å². The number of esters is 1. The van der Waals surface area contributed by atoms with Crippen LogP contribution in [0, 0.1) is 0 Å². The Kier molecular flexibility index (Phi) is 5.81. The largest absolute Gasteiger partial charge is 0.454 e. The van der Waals surface area contributed by atoms with Crippen molar-refractivity contribution < 1.29 is 33.4 Å². The Balaban J connectivity index is 1.41. The molecule has 0 fully saturated rings. The molecule has 2 aromatic rings. The van der Waals surface area contributed by atoms with E-state index < -0.39 is 23.9 Å². The van der Waals surface area contributed by atoms with Gasteiger partial charge in [0, 0.05) is 18.3 Å². The van der Waals surface area contributed by atoms with Crippen molar-refractivity contribution in [2.75, 3.05) is 18.7 Å². The third kappa shape index (κ3) is 4.01. The molecule has 0 aromatic heterocycles. The maximum absolute atomic E-state index is 12.6. The van der Waals surface area contributed by atoms with Crippen molar-refractivity contribution in [1.29, 1.82) is 0 Å². The summed E-state index contributed by atoms with van der Waals surface area (Å²) >= 11 is 0. The molecule has 0 unspecified atom stereocenters. The maximum atomic E-state index is 12.6. The number of fused-ring (bicyclic) bond motifs is 2. The molecule has 32 heavy (non-hydrogen) atoms. The number of amides is 3. The van der Waals surface area contributed by atoms with Crippen LogP contribution in [0.5, 0.6) is 11.5 Å². The molecule has 2 aromatic carbocycles. The molecule has 2 aliphatic rings. The van der Waals surface area contributed by atoms with Gasteiger partial charge in [-0.25, -0.2) is 4.79 Å². The van der Waals surface area contributed by atoms with Crippen LogP contribution >= 0.6 is 0 Å². The molecule has 166 valence electrons. The molecular weight excluding hydrogens is 416 g/mol. The zero-order valence-electron chi connectivity index (χ0n) is 17.7. The van der Waals surface area contributed by atoms with E-state index in [-0.39, 0.29) is 29.4 Å². The molecule has 1 atom stereocenters. The van der Waals surface area contributed by atoms with Gasteiger partial charge in [-0.05, 0) is 43.7 Å². The molecule has 9 heteroatoms. The number of anilines is 1. The summed E-state index contributed by atoms with van der Waals surface area (Å²) in [4.78, 5) is 51.2. The van der Waals surface area contributed by atoms with Crippen LogP contribution in [-0.4, -0.2) is 48.0 Å². The minimum Gasteiger partial charge on any atom is -0.454 e. The highest BCUT2D eigenvalue weighted by molar-refractivity contribution is 6.22. The number of nitrogens with one attached hydrogen (secondary N) is 1. The Bertz CT molecular complexity index is 1110. The molecule has 0 bridgehead atoms. The number of ether oxygens (including phenoxy) is 3. The predicted molar refractivity (Wildman–Crippen MR) is 113 cm³/mol. The van der Waals surface area contributed by atoms with Crippen LogP contribution in [0.15, 0.2) is 36.4 Å². The fourth-order valence-corrected chi connectivity index (χ4v) is 3.44. The highest BCUT2D eigenvalue weighted by Gasteiger charge is 2.35. The lowest BCUT2D eigenvalue weighted by atomic mass is 10.1. The van der Waals surface area contributed by atoms with Gasteiger partial charge in [-0.3, -0.25) is 19.3 Å². The number of carbonyl (C=O) groups is 4. The summed E-state index contributed by atoms with van der Waals surface area (Å²) in [6.07, 6.45) is 0.452. The zero-order valence-corrected chi connectivity index (χ0v) is 17.7. The molecular formula is C23H22N2O7. The average molecular weight is 438 g/mol. The van der Waals surface area contributed by atoms with Gasteiger partial charge in [0.25, 0.3) is 17.7 Å². The van der Waals surface area contributed by atoms with Gasteiger partial charge in [-0.1, -0.05) is 13.3 Å². The monoisotopic (exact) mass is 438 g/mol. The van der Waals surface area contributed by atoms with E-state index in [1.807, 2.05) is 6.92 Å². The lowest BCUT2D eigenvalue weighted by Gasteiger charge is -2.14. The molecule has 2 heterocycles. The smallest absolute Gasteiger partial charge is 0.338 e. The molecule has 1 N–H and O–H groups in total. The van der Waals surface area contributed by atoms with Gasteiger partial charge in [-0.2, -0.15) is 0 Å². The second kappa shape index (κ2) is 8.70. The summed E-state index contributed by atoms with van der Waals surface area (Å²) in [7, 11) is 0. The zero-order chi connectivity index (χ0) is 22.8. The molecule has 0 saturated carbocycles. The summed E-state index contributed by atoms with van der Waals surface area (Å²) < 4.78 is 15.8. The van der Waals surface area contributed by atoms with E-state index in [0.29, 0.717) is 30.2 Å². The average Bonchev–Trinajstić information content (AvgIpc) is 3.34. The summed E-state index contributed by atoms with van der Waals surface area (Å²) in [5, 5.41) is 2.65. The van der Waals surface area contributed by atoms with E-state index in [0.717, 1.165) is 6.42 Å². The fourth-order valence-electron chi connectivity index (χ4n) is 3.44. The van der Waals surface area contributed by atoms with Crippen LogP contribution < -0.4 is 14.8 Å². The molecule has 3 amide bonds. The highest BCUT2D eigenvalue weighted by Crippen LogP contribution is 2.34. The minimum atomic E-state index is -1.10. The first-order chi connectivity index (χ1) is 15.4. The quantitative estimate of drug-likeness (QED) is 0.522. The highest BCUT2D eigenvalue weighted by atomic mass is 16.7. The van der Waals surface area contributed by atoms with Gasteiger partial charge < -0.3 is 19.5 Å². The first-order valence-corrected chi connectivity index (χ1v) is 10.3. The Labute approximate surface area is 184 Å². The molecule has 4 rings (SSSR count). The number of hydrogen-bond donors (Lipinski definition) is 1. The second-order valence-electron chi connectivity index (χ2n) is 7.48. The lowest BCUT2D eigenvalue weighted by Crippen LogP contribution is -2.30.